The van der Waals surface area contributed by atoms with E-state index in [1.807, 2.05) is 23.6 Å². The molecule has 4 heteroatoms. The number of rotatable bonds is 8. The SMILES string of the molecule is c1ccc(NCCCNCc2cnc(C3CC3)s2)cc1. The molecule has 1 aliphatic carbocycles. The first-order valence-electron chi connectivity index (χ1n) is 7.36. The van der Waals surface area contributed by atoms with Crippen molar-refractivity contribution < 1.29 is 0 Å². The van der Waals surface area contributed by atoms with E-state index < -0.39 is 0 Å². The summed E-state index contributed by atoms with van der Waals surface area (Å²) in [6, 6.07) is 10.4. The summed E-state index contributed by atoms with van der Waals surface area (Å²) in [5.41, 5.74) is 1.20. The molecule has 0 saturated heterocycles. The van der Waals surface area contributed by atoms with Gasteiger partial charge in [0.15, 0.2) is 0 Å². The van der Waals surface area contributed by atoms with Crippen molar-refractivity contribution in [3.05, 3.63) is 46.4 Å². The number of thiazole rings is 1. The van der Waals surface area contributed by atoms with Gasteiger partial charge < -0.3 is 10.6 Å². The Labute approximate surface area is 124 Å². The van der Waals surface area contributed by atoms with Gasteiger partial charge in [0.2, 0.25) is 0 Å². The summed E-state index contributed by atoms with van der Waals surface area (Å²) < 4.78 is 0. The molecule has 0 radical (unpaired) electrons. The summed E-state index contributed by atoms with van der Waals surface area (Å²) in [4.78, 5) is 5.86. The molecule has 2 aromatic rings. The van der Waals surface area contributed by atoms with E-state index in [4.69, 9.17) is 0 Å². The van der Waals surface area contributed by atoms with Crippen LogP contribution < -0.4 is 10.6 Å². The summed E-state index contributed by atoms with van der Waals surface area (Å²) >= 11 is 1.87. The van der Waals surface area contributed by atoms with Gasteiger partial charge in [-0.3, -0.25) is 0 Å². The molecule has 2 N–H and O–H groups in total. The summed E-state index contributed by atoms with van der Waals surface area (Å²) in [6.45, 7) is 3.00. The van der Waals surface area contributed by atoms with Gasteiger partial charge in [0.25, 0.3) is 0 Å². The van der Waals surface area contributed by atoms with Crippen molar-refractivity contribution in [2.24, 2.45) is 0 Å². The van der Waals surface area contributed by atoms with Crippen LogP contribution in [0.4, 0.5) is 5.69 Å². The lowest BCUT2D eigenvalue weighted by atomic mass is 10.3. The Morgan fingerprint density at radius 2 is 2.00 bits per heavy atom. The van der Waals surface area contributed by atoms with Crippen molar-refractivity contribution in [2.75, 3.05) is 18.4 Å². The van der Waals surface area contributed by atoms with E-state index >= 15 is 0 Å². The molecule has 0 unspecified atom stereocenters. The van der Waals surface area contributed by atoms with Gasteiger partial charge in [-0.2, -0.15) is 0 Å². The Hall–Kier alpha value is -1.39. The standard InChI is InChI=1S/C16H21N3S/c1-2-5-14(6-3-1)18-10-4-9-17-11-15-12-19-16(20-15)13-7-8-13/h1-3,5-6,12-13,17-18H,4,7-11H2. The zero-order chi connectivity index (χ0) is 13.6. The molecule has 0 amide bonds. The molecule has 1 heterocycles. The second kappa shape index (κ2) is 6.86. The normalized spacial score (nSPS) is 14.4. The number of aromatic nitrogens is 1. The predicted molar refractivity (Wildman–Crippen MR) is 85.3 cm³/mol. The van der Waals surface area contributed by atoms with Crippen LogP contribution in [0.2, 0.25) is 0 Å². The first kappa shape index (κ1) is 13.6. The van der Waals surface area contributed by atoms with Gasteiger partial charge in [0, 0.05) is 35.8 Å². The molecule has 0 aliphatic heterocycles. The van der Waals surface area contributed by atoms with E-state index in [1.165, 1.54) is 28.4 Å². The third kappa shape index (κ3) is 4.05. The van der Waals surface area contributed by atoms with Crippen LogP contribution in [0.5, 0.6) is 0 Å². The Bertz CT molecular complexity index is 520. The largest absolute Gasteiger partial charge is 0.385 e. The summed E-state index contributed by atoms with van der Waals surface area (Å²) in [6.07, 6.45) is 5.84. The number of nitrogens with zero attached hydrogens (tertiary/aromatic N) is 1. The molecular formula is C16H21N3S. The van der Waals surface area contributed by atoms with Crippen molar-refractivity contribution in [1.29, 1.82) is 0 Å². The van der Waals surface area contributed by atoms with E-state index in [1.54, 1.807) is 0 Å². The number of hydrogen-bond donors (Lipinski definition) is 2. The fourth-order valence-electron chi connectivity index (χ4n) is 2.14. The first-order valence-corrected chi connectivity index (χ1v) is 8.18. The van der Waals surface area contributed by atoms with E-state index in [-0.39, 0.29) is 0 Å². The maximum absolute atomic E-state index is 4.50. The third-order valence-corrected chi connectivity index (χ3v) is 4.59. The van der Waals surface area contributed by atoms with E-state index in [0.29, 0.717) is 0 Å². The lowest BCUT2D eigenvalue weighted by Crippen LogP contribution is -2.17. The molecule has 3 rings (SSSR count). The Morgan fingerprint density at radius 3 is 2.80 bits per heavy atom. The number of anilines is 1. The molecule has 1 aliphatic rings. The van der Waals surface area contributed by atoms with Crippen molar-refractivity contribution in [3.63, 3.8) is 0 Å². The molecule has 1 fully saturated rings. The Kier molecular flexibility index (Phi) is 4.66. The highest BCUT2D eigenvalue weighted by Gasteiger charge is 2.26. The zero-order valence-electron chi connectivity index (χ0n) is 11.6. The van der Waals surface area contributed by atoms with Crippen molar-refractivity contribution >= 4 is 17.0 Å². The quantitative estimate of drug-likeness (QED) is 0.728. The molecule has 0 spiro atoms. The molecule has 3 nitrogen and oxygen atoms in total. The van der Waals surface area contributed by atoms with Gasteiger partial charge in [-0.05, 0) is 37.9 Å². The second-order valence-electron chi connectivity index (χ2n) is 5.26. The van der Waals surface area contributed by atoms with Crippen LogP contribution in [-0.2, 0) is 6.54 Å². The van der Waals surface area contributed by atoms with Gasteiger partial charge in [0.05, 0.1) is 5.01 Å². The van der Waals surface area contributed by atoms with Crippen molar-refractivity contribution in [3.8, 4) is 0 Å². The zero-order valence-corrected chi connectivity index (χ0v) is 12.5. The van der Waals surface area contributed by atoms with Crippen LogP contribution in [0.3, 0.4) is 0 Å². The van der Waals surface area contributed by atoms with Crippen LogP contribution in [0, 0.1) is 0 Å². The van der Waals surface area contributed by atoms with Crippen LogP contribution in [0.15, 0.2) is 36.5 Å². The van der Waals surface area contributed by atoms with Gasteiger partial charge in [-0.25, -0.2) is 4.98 Å². The van der Waals surface area contributed by atoms with Crippen LogP contribution in [0.1, 0.15) is 35.1 Å². The highest BCUT2D eigenvalue weighted by atomic mass is 32.1. The monoisotopic (exact) mass is 287 g/mol. The smallest absolute Gasteiger partial charge is 0.0959 e. The van der Waals surface area contributed by atoms with Crippen molar-refractivity contribution in [1.82, 2.24) is 10.3 Å². The van der Waals surface area contributed by atoms with Gasteiger partial charge >= 0.3 is 0 Å². The molecule has 0 atom stereocenters. The first-order chi connectivity index (χ1) is 9.92. The fraction of sp³-hybridized carbons (Fsp3) is 0.438. The van der Waals surface area contributed by atoms with Crippen LogP contribution >= 0.6 is 11.3 Å². The number of hydrogen-bond acceptors (Lipinski definition) is 4. The molecule has 20 heavy (non-hydrogen) atoms. The minimum Gasteiger partial charge on any atom is -0.385 e. The number of nitrogens with one attached hydrogen (secondary N) is 2. The van der Waals surface area contributed by atoms with E-state index in [2.05, 4.69) is 39.9 Å². The molecule has 0 bridgehead atoms. The van der Waals surface area contributed by atoms with Crippen molar-refractivity contribution in [2.45, 2.75) is 31.7 Å². The Morgan fingerprint density at radius 1 is 1.15 bits per heavy atom. The van der Waals surface area contributed by atoms with Crippen LogP contribution in [0.25, 0.3) is 0 Å². The Balaban J connectivity index is 1.28. The predicted octanol–water partition coefficient (Wildman–Crippen LogP) is 3.61. The maximum atomic E-state index is 4.50. The molecular weight excluding hydrogens is 266 g/mol. The van der Waals surface area contributed by atoms with Crippen LogP contribution in [-0.4, -0.2) is 18.1 Å². The van der Waals surface area contributed by atoms with Gasteiger partial charge in [0.1, 0.15) is 0 Å². The second-order valence-corrected chi connectivity index (χ2v) is 6.41. The highest BCUT2D eigenvalue weighted by molar-refractivity contribution is 7.11. The topological polar surface area (TPSA) is 37.0 Å². The molecule has 1 aromatic carbocycles. The minimum absolute atomic E-state index is 0.781. The van der Waals surface area contributed by atoms with Gasteiger partial charge in [-0.15, -0.1) is 11.3 Å². The minimum atomic E-state index is 0.781. The van der Waals surface area contributed by atoms with Gasteiger partial charge in [-0.1, -0.05) is 18.2 Å². The summed E-state index contributed by atoms with van der Waals surface area (Å²) in [5, 5.41) is 8.25. The summed E-state index contributed by atoms with van der Waals surface area (Å²) in [5.74, 6) is 0.781. The molecule has 1 aromatic heterocycles. The maximum Gasteiger partial charge on any atom is 0.0959 e. The summed E-state index contributed by atoms with van der Waals surface area (Å²) in [7, 11) is 0. The number of para-hydroxylation sites is 1. The average Bonchev–Trinajstić information content (AvgIpc) is 3.23. The third-order valence-electron chi connectivity index (χ3n) is 3.43. The molecule has 1 saturated carbocycles. The lowest BCUT2D eigenvalue weighted by Gasteiger charge is -2.06. The van der Waals surface area contributed by atoms with E-state index in [9.17, 15) is 0 Å². The average molecular weight is 287 g/mol. The van der Waals surface area contributed by atoms with E-state index in [0.717, 1.165) is 32.0 Å². The molecule has 106 valence electrons. The number of benzene rings is 1. The highest BCUT2D eigenvalue weighted by Crippen LogP contribution is 2.41. The lowest BCUT2D eigenvalue weighted by molar-refractivity contribution is 0.668. The fourth-order valence-corrected chi connectivity index (χ4v) is 3.19.